The summed E-state index contributed by atoms with van der Waals surface area (Å²) in [5, 5.41) is -1.13. The van der Waals surface area contributed by atoms with Gasteiger partial charge in [0.2, 0.25) is 16.8 Å². The Labute approximate surface area is 152 Å². The van der Waals surface area contributed by atoms with E-state index >= 15 is 0 Å². The molecule has 3 rings (SSSR count). The van der Waals surface area contributed by atoms with E-state index in [1.54, 1.807) is 12.1 Å². The fourth-order valence-electron chi connectivity index (χ4n) is 2.50. The van der Waals surface area contributed by atoms with Crippen LogP contribution in [0, 0.1) is 0 Å². The molecule has 0 fully saturated rings. The molecule has 1 aliphatic rings. The molecule has 0 radical (unpaired) electrons. The van der Waals surface area contributed by atoms with E-state index in [0.717, 1.165) is 0 Å². The van der Waals surface area contributed by atoms with Gasteiger partial charge in [-0.2, -0.15) is 0 Å². The van der Waals surface area contributed by atoms with Gasteiger partial charge in [0.15, 0.2) is 21.3 Å². The normalized spacial score (nSPS) is 15.0. The van der Waals surface area contributed by atoms with Crippen LogP contribution in [0.2, 0.25) is 0 Å². The average Bonchev–Trinajstić information content (AvgIpc) is 3.10. The zero-order valence-corrected chi connectivity index (χ0v) is 15.6. The van der Waals surface area contributed by atoms with Gasteiger partial charge >= 0.3 is 0 Å². The van der Waals surface area contributed by atoms with Crippen molar-refractivity contribution in [3.05, 3.63) is 48.3 Å². The molecule has 1 aromatic heterocycles. The second kappa shape index (κ2) is 7.22. The molecule has 1 atom stereocenters. The summed E-state index contributed by atoms with van der Waals surface area (Å²) < 4.78 is 62.7. The Bertz CT molecular complexity index is 991. The quantitative estimate of drug-likeness (QED) is 0.747. The summed E-state index contributed by atoms with van der Waals surface area (Å²) in [6.07, 6.45) is 2.93. The fraction of sp³-hybridized carbons (Fsp3) is 0.312. The van der Waals surface area contributed by atoms with Crippen LogP contribution in [0.3, 0.4) is 0 Å². The molecular weight excluding hydrogens is 380 g/mol. The number of hydrogen-bond donors (Lipinski definition) is 1. The number of fused-ring (bicyclic) bond motifs is 1. The monoisotopic (exact) mass is 398 g/mol. The molecular formula is C16H18N2O6S2. The maximum absolute atomic E-state index is 13.2. The highest BCUT2D eigenvalue weighted by molar-refractivity contribution is 7.92. The van der Waals surface area contributed by atoms with Gasteiger partial charge in [0.1, 0.15) is 5.25 Å². The van der Waals surface area contributed by atoms with Gasteiger partial charge in [-0.3, -0.25) is 4.98 Å². The van der Waals surface area contributed by atoms with Gasteiger partial charge in [0.05, 0.1) is 10.6 Å². The molecule has 2 heterocycles. The third-order valence-electron chi connectivity index (χ3n) is 3.97. The van der Waals surface area contributed by atoms with Gasteiger partial charge in [-0.25, -0.2) is 21.6 Å². The van der Waals surface area contributed by atoms with Crippen molar-refractivity contribution in [1.29, 1.82) is 0 Å². The van der Waals surface area contributed by atoms with Crippen LogP contribution in [0.15, 0.2) is 47.6 Å². The molecule has 10 heteroatoms. The summed E-state index contributed by atoms with van der Waals surface area (Å²) in [5.74, 6) is 0.662. The Hall–Kier alpha value is -2.17. The highest BCUT2D eigenvalue weighted by atomic mass is 32.2. The molecule has 8 nitrogen and oxygen atoms in total. The molecule has 0 unspecified atom stereocenters. The van der Waals surface area contributed by atoms with Gasteiger partial charge in [-0.05, 0) is 30.7 Å². The van der Waals surface area contributed by atoms with Gasteiger partial charge in [0, 0.05) is 25.0 Å². The van der Waals surface area contributed by atoms with Crippen LogP contribution < -0.4 is 14.2 Å². The number of pyridine rings is 1. The third kappa shape index (κ3) is 3.81. The third-order valence-corrected chi connectivity index (χ3v) is 7.44. The number of nitrogens with zero attached hydrogens (tertiary/aromatic N) is 1. The number of hydrogen-bond acceptors (Lipinski definition) is 7. The lowest BCUT2D eigenvalue weighted by Gasteiger charge is -2.18. The van der Waals surface area contributed by atoms with E-state index in [2.05, 4.69) is 9.71 Å². The van der Waals surface area contributed by atoms with Gasteiger partial charge in [-0.15, -0.1) is 0 Å². The summed E-state index contributed by atoms with van der Waals surface area (Å²) in [4.78, 5) is 3.97. The molecule has 0 amide bonds. The van der Waals surface area contributed by atoms with Gasteiger partial charge < -0.3 is 9.47 Å². The molecule has 26 heavy (non-hydrogen) atoms. The Morgan fingerprint density at radius 2 is 1.92 bits per heavy atom. The summed E-state index contributed by atoms with van der Waals surface area (Å²) in [5.41, 5.74) is 0.393. The zero-order valence-electron chi connectivity index (χ0n) is 14.0. The molecule has 0 saturated carbocycles. The van der Waals surface area contributed by atoms with E-state index in [1.165, 1.54) is 37.5 Å². The number of aromatic nitrogens is 1. The van der Waals surface area contributed by atoms with Crippen molar-refractivity contribution in [2.24, 2.45) is 0 Å². The minimum atomic E-state index is -3.91. The van der Waals surface area contributed by atoms with Crippen LogP contribution in [0.25, 0.3) is 0 Å². The first kappa shape index (κ1) is 18.6. The molecule has 0 spiro atoms. The minimum Gasteiger partial charge on any atom is -0.454 e. The van der Waals surface area contributed by atoms with E-state index < -0.39 is 25.1 Å². The molecule has 2 aromatic rings. The van der Waals surface area contributed by atoms with Crippen molar-refractivity contribution in [2.75, 3.05) is 19.1 Å². The second-order valence-electron chi connectivity index (χ2n) is 5.59. The van der Waals surface area contributed by atoms with Crippen LogP contribution in [0.5, 0.6) is 11.5 Å². The maximum atomic E-state index is 13.2. The van der Waals surface area contributed by atoms with Gasteiger partial charge in [-0.1, -0.05) is 6.07 Å². The van der Waals surface area contributed by atoms with E-state index in [4.69, 9.17) is 9.47 Å². The molecule has 0 bridgehead atoms. The van der Waals surface area contributed by atoms with E-state index in [0.29, 0.717) is 17.1 Å². The van der Waals surface area contributed by atoms with Crippen molar-refractivity contribution in [1.82, 2.24) is 9.71 Å². The van der Waals surface area contributed by atoms with Crippen molar-refractivity contribution < 1.29 is 26.3 Å². The van der Waals surface area contributed by atoms with Crippen molar-refractivity contribution >= 4 is 19.9 Å². The summed E-state index contributed by atoms with van der Waals surface area (Å²) in [6.45, 7) is 1.22. The topological polar surface area (TPSA) is 112 Å². The lowest BCUT2D eigenvalue weighted by molar-refractivity contribution is 0.174. The fourth-order valence-corrected chi connectivity index (χ4v) is 4.88. The van der Waals surface area contributed by atoms with Crippen LogP contribution in [0.4, 0.5) is 0 Å². The highest BCUT2D eigenvalue weighted by Crippen LogP contribution is 2.37. The number of benzene rings is 1. The molecule has 1 N–H and O–H groups in total. The first-order valence-corrected chi connectivity index (χ1v) is 11.0. The Morgan fingerprint density at radius 3 is 2.62 bits per heavy atom. The van der Waals surface area contributed by atoms with Crippen molar-refractivity contribution in [2.45, 2.75) is 17.1 Å². The number of sulfone groups is 1. The zero-order chi connectivity index (χ0) is 18.8. The number of sulfonamides is 1. The lowest BCUT2D eigenvalue weighted by atomic mass is 10.2. The number of nitrogens with one attached hydrogen (secondary N) is 1. The van der Waals surface area contributed by atoms with Gasteiger partial charge in [0.25, 0.3) is 0 Å². The standard InChI is InChI=1S/C16H18N2O6S2/c1-2-25(19,20)18-10-16(12-4-3-7-17-9-12)26(21,22)13-5-6-14-15(8-13)24-11-23-14/h3-9,16,18H,2,10-11H2,1H3/t16-/m0/s1. The van der Waals surface area contributed by atoms with Crippen LogP contribution in [0.1, 0.15) is 17.7 Å². The minimum absolute atomic E-state index is 0.0197. The van der Waals surface area contributed by atoms with Crippen LogP contribution >= 0.6 is 0 Å². The maximum Gasteiger partial charge on any atom is 0.231 e. The number of ether oxygens (including phenoxy) is 2. The number of rotatable bonds is 7. The lowest BCUT2D eigenvalue weighted by Crippen LogP contribution is -2.33. The Morgan fingerprint density at radius 1 is 1.15 bits per heavy atom. The van der Waals surface area contributed by atoms with Crippen molar-refractivity contribution in [3.63, 3.8) is 0 Å². The second-order valence-corrected chi connectivity index (χ2v) is 9.81. The molecule has 0 aliphatic carbocycles. The Balaban J connectivity index is 1.99. The molecule has 140 valence electrons. The average molecular weight is 398 g/mol. The van der Waals surface area contributed by atoms with Crippen LogP contribution in [-0.2, 0) is 19.9 Å². The van der Waals surface area contributed by atoms with E-state index in [1.807, 2.05) is 0 Å². The van der Waals surface area contributed by atoms with Crippen molar-refractivity contribution in [3.8, 4) is 11.5 Å². The van der Waals surface area contributed by atoms with Crippen LogP contribution in [-0.4, -0.2) is 40.9 Å². The predicted molar refractivity (Wildman–Crippen MR) is 94.2 cm³/mol. The van der Waals surface area contributed by atoms with E-state index in [9.17, 15) is 16.8 Å². The molecule has 1 aromatic carbocycles. The summed E-state index contributed by atoms with van der Waals surface area (Å²) in [7, 11) is -7.46. The predicted octanol–water partition coefficient (Wildman–Crippen LogP) is 1.26. The summed E-state index contributed by atoms with van der Waals surface area (Å²) in [6, 6.07) is 7.52. The largest absolute Gasteiger partial charge is 0.454 e. The smallest absolute Gasteiger partial charge is 0.231 e. The van der Waals surface area contributed by atoms with E-state index in [-0.39, 0.29) is 24.0 Å². The Kier molecular flexibility index (Phi) is 5.17. The molecule has 1 aliphatic heterocycles. The SMILES string of the molecule is CCS(=O)(=O)NC[C@@H](c1cccnc1)S(=O)(=O)c1ccc2c(c1)OCO2. The first-order chi connectivity index (χ1) is 12.3. The summed E-state index contributed by atoms with van der Waals surface area (Å²) >= 11 is 0. The first-order valence-electron chi connectivity index (χ1n) is 7.84. The highest BCUT2D eigenvalue weighted by Gasteiger charge is 2.32. The molecule has 0 saturated heterocycles.